The Morgan fingerprint density at radius 3 is 2.69 bits per heavy atom. The molecule has 16 heavy (non-hydrogen) atoms. The second kappa shape index (κ2) is 4.26. The third-order valence-electron chi connectivity index (χ3n) is 1.80. The first kappa shape index (κ1) is 12.1. The highest BCUT2D eigenvalue weighted by molar-refractivity contribution is 5.37. The van der Waals surface area contributed by atoms with Crippen LogP contribution in [0.15, 0.2) is 10.9 Å². The molecule has 0 unspecified atom stereocenters. The molecule has 0 saturated heterocycles. The number of rotatable bonds is 2. The van der Waals surface area contributed by atoms with Gasteiger partial charge in [0.25, 0.3) is 5.56 Å². The normalized spacial score (nSPS) is 10.9. The molecule has 0 fully saturated rings. The second-order valence-corrected chi connectivity index (χ2v) is 2.98. The van der Waals surface area contributed by atoms with Crippen LogP contribution in [0.3, 0.4) is 0 Å². The van der Waals surface area contributed by atoms with Gasteiger partial charge in [-0.05, 0) is 6.92 Å². The van der Waals surface area contributed by atoms with Crippen molar-refractivity contribution in [3.8, 4) is 11.8 Å². The van der Waals surface area contributed by atoms with E-state index >= 15 is 0 Å². The molecule has 0 bridgehead atoms. The Morgan fingerprint density at radius 2 is 2.19 bits per heavy atom. The van der Waals surface area contributed by atoms with Crippen LogP contribution in [0.25, 0.3) is 0 Å². The van der Waals surface area contributed by atoms with E-state index in [1.54, 1.807) is 6.07 Å². The van der Waals surface area contributed by atoms with E-state index in [1.807, 2.05) is 0 Å². The second-order valence-electron chi connectivity index (χ2n) is 2.98. The molecule has 7 heteroatoms. The molecule has 1 rings (SSSR count). The van der Waals surface area contributed by atoms with Gasteiger partial charge in [0, 0.05) is 17.3 Å². The number of aromatic nitrogens is 1. The molecule has 0 amide bonds. The molecule has 0 aromatic carbocycles. The third-order valence-corrected chi connectivity index (χ3v) is 1.80. The minimum atomic E-state index is -4.88. The summed E-state index contributed by atoms with van der Waals surface area (Å²) in [6.45, 7) is 1.40. The summed E-state index contributed by atoms with van der Waals surface area (Å²) in [5.74, 6) is -0.629. The molecule has 0 spiro atoms. The number of alkyl halides is 3. The number of nitrogens with one attached hydrogen (secondary N) is 1. The molecule has 0 aliphatic rings. The lowest BCUT2D eigenvalue weighted by molar-refractivity contribution is -0.274. The lowest BCUT2D eigenvalue weighted by Crippen LogP contribution is -2.21. The molecule has 1 N–H and O–H groups in total. The van der Waals surface area contributed by atoms with Crippen molar-refractivity contribution in [1.82, 2.24) is 4.98 Å². The van der Waals surface area contributed by atoms with Gasteiger partial charge in [0.1, 0.15) is 5.75 Å². The van der Waals surface area contributed by atoms with Crippen molar-refractivity contribution < 1.29 is 17.9 Å². The van der Waals surface area contributed by atoms with E-state index in [-0.39, 0.29) is 17.7 Å². The molecule has 4 nitrogen and oxygen atoms in total. The van der Waals surface area contributed by atoms with Gasteiger partial charge in [-0.15, -0.1) is 13.2 Å². The summed E-state index contributed by atoms with van der Waals surface area (Å²) >= 11 is 0. The molecule has 0 aliphatic carbocycles. The lowest BCUT2D eigenvalue weighted by atomic mass is 10.1. The summed E-state index contributed by atoms with van der Waals surface area (Å²) in [5.41, 5.74) is -0.494. The van der Waals surface area contributed by atoms with Gasteiger partial charge in [-0.25, -0.2) is 0 Å². The minimum Gasteiger partial charge on any atom is -0.405 e. The Bertz CT molecular complexity index is 485. The third kappa shape index (κ3) is 3.02. The minimum absolute atomic E-state index is 0.0272. The van der Waals surface area contributed by atoms with Crippen molar-refractivity contribution in [2.45, 2.75) is 19.7 Å². The number of aryl methyl sites for hydroxylation is 1. The number of hydrogen-bond donors (Lipinski definition) is 1. The highest BCUT2D eigenvalue weighted by Crippen LogP contribution is 2.26. The van der Waals surface area contributed by atoms with Gasteiger partial charge in [-0.3, -0.25) is 4.79 Å². The van der Waals surface area contributed by atoms with Crippen molar-refractivity contribution in [2.75, 3.05) is 0 Å². The summed E-state index contributed by atoms with van der Waals surface area (Å²) in [5, 5.41) is 8.46. The monoisotopic (exact) mass is 232 g/mol. The molecule has 0 saturated carbocycles. The standard InChI is InChI=1S/C9H7F3N2O2/c1-5-6(2-3-13)7(4-8(15)14-5)16-9(10,11)12/h4H,2H2,1H3,(H,14,15). The Labute approximate surface area is 88.3 Å². The smallest absolute Gasteiger partial charge is 0.405 e. The zero-order chi connectivity index (χ0) is 12.3. The Balaban J connectivity index is 3.25. The summed E-state index contributed by atoms with van der Waals surface area (Å²) < 4.78 is 39.7. The SMILES string of the molecule is Cc1[nH]c(=O)cc(OC(F)(F)F)c1CC#N. The van der Waals surface area contributed by atoms with Crippen molar-refractivity contribution >= 4 is 0 Å². The molecule has 0 radical (unpaired) electrons. The van der Waals surface area contributed by atoms with Gasteiger partial charge in [0.2, 0.25) is 0 Å². The molecular formula is C9H7F3N2O2. The van der Waals surface area contributed by atoms with Crippen LogP contribution in [-0.2, 0) is 6.42 Å². The largest absolute Gasteiger partial charge is 0.573 e. The summed E-state index contributed by atoms with van der Waals surface area (Å²) in [6, 6.07) is 2.37. The number of pyridine rings is 1. The summed E-state index contributed by atoms with van der Waals surface area (Å²) in [4.78, 5) is 13.3. The maximum absolute atomic E-state index is 12.0. The van der Waals surface area contributed by atoms with Crippen molar-refractivity contribution in [1.29, 1.82) is 5.26 Å². The van der Waals surface area contributed by atoms with Crippen LogP contribution in [0, 0.1) is 18.3 Å². The molecule has 1 aromatic rings. The zero-order valence-electron chi connectivity index (χ0n) is 8.18. The first-order chi connectivity index (χ1) is 7.33. The van der Waals surface area contributed by atoms with Crippen molar-refractivity contribution in [2.24, 2.45) is 0 Å². The number of hydrogen-bond acceptors (Lipinski definition) is 3. The van der Waals surface area contributed by atoms with E-state index in [0.717, 1.165) is 0 Å². The fourth-order valence-corrected chi connectivity index (χ4v) is 1.20. The van der Waals surface area contributed by atoms with Crippen LogP contribution >= 0.6 is 0 Å². The first-order valence-electron chi connectivity index (χ1n) is 4.19. The number of aromatic amines is 1. The van der Waals surface area contributed by atoms with Crippen LogP contribution in [-0.4, -0.2) is 11.3 Å². The van der Waals surface area contributed by atoms with Gasteiger partial charge in [-0.1, -0.05) is 0 Å². The molecule has 0 aliphatic heterocycles. The van der Waals surface area contributed by atoms with E-state index in [4.69, 9.17) is 5.26 Å². The van der Waals surface area contributed by atoms with Crippen LogP contribution in [0.2, 0.25) is 0 Å². The fourth-order valence-electron chi connectivity index (χ4n) is 1.20. The van der Waals surface area contributed by atoms with Crippen LogP contribution in [0.5, 0.6) is 5.75 Å². The molecular weight excluding hydrogens is 225 g/mol. The van der Waals surface area contributed by atoms with E-state index in [0.29, 0.717) is 6.07 Å². The Morgan fingerprint density at radius 1 is 1.56 bits per heavy atom. The Hall–Kier alpha value is -1.97. The fraction of sp³-hybridized carbons (Fsp3) is 0.333. The van der Waals surface area contributed by atoms with Gasteiger partial charge in [0.15, 0.2) is 0 Å². The predicted molar refractivity (Wildman–Crippen MR) is 47.8 cm³/mol. The summed E-state index contributed by atoms with van der Waals surface area (Å²) in [7, 11) is 0. The van der Waals surface area contributed by atoms with Gasteiger partial charge in [0.05, 0.1) is 12.5 Å². The quantitative estimate of drug-likeness (QED) is 0.842. The zero-order valence-corrected chi connectivity index (χ0v) is 8.18. The van der Waals surface area contributed by atoms with E-state index in [1.165, 1.54) is 6.92 Å². The van der Waals surface area contributed by atoms with E-state index < -0.39 is 17.7 Å². The van der Waals surface area contributed by atoms with E-state index in [2.05, 4.69) is 9.72 Å². The topological polar surface area (TPSA) is 65.9 Å². The number of nitriles is 1. The average molecular weight is 232 g/mol. The average Bonchev–Trinajstić information content (AvgIpc) is 2.08. The predicted octanol–water partition coefficient (Wildman–Crippen LogP) is 1.65. The van der Waals surface area contributed by atoms with Crippen LogP contribution in [0.4, 0.5) is 13.2 Å². The van der Waals surface area contributed by atoms with Crippen LogP contribution in [0.1, 0.15) is 11.3 Å². The molecule has 86 valence electrons. The Kier molecular flexibility index (Phi) is 3.22. The van der Waals surface area contributed by atoms with Gasteiger partial charge < -0.3 is 9.72 Å². The molecule has 1 heterocycles. The molecule has 1 aromatic heterocycles. The van der Waals surface area contributed by atoms with Crippen molar-refractivity contribution in [3.63, 3.8) is 0 Å². The highest BCUT2D eigenvalue weighted by atomic mass is 19.4. The van der Waals surface area contributed by atoms with E-state index in [9.17, 15) is 18.0 Å². The van der Waals surface area contributed by atoms with Gasteiger partial charge in [-0.2, -0.15) is 5.26 Å². The van der Waals surface area contributed by atoms with Gasteiger partial charge >= 0.3 is 6.36 Å². The van der Waals surface area contributed by atoms with Crippen molar-refractivity contribution in [3.05, 3.63) is 27.7 Å². The van der Waals surface area contributed by atoms with Crippen LogP contribution < -0.4 is 10.3 Å². The lowest BCUT2D eigenvalue weighted by Gasteiger charge is -2.12. The maximum atomic E-state index is 12.0. The highest BCUT2D eigenvalue weighted by Gasteiger charge is 2.32. The number of nitrogens with zero attached hydrogens (tertiary/aromatic N) is 1. The number of halogens is 3. The molecule has 0 atom stereocenters. The first-order valence-corrected chi connectivity index (χ1v) is 4.19. The number of ether oxygens (including phenoxy) is 1. The number of H-pyrrole nitrogens is 1. The summed E-state index contributed by atoms with van der Waals surface area (Å²) in [6.07, 6.45) is -5.15. The maximum Gasteiger partial charge on any atom is 0.573 e.